The van der Waals surface area contributed by atoms with Gasteiger partial charge in [0.1, 0.15) is 11.5 Å². The van der Waals surface area contributed by atoms with Crippen LogP contribution in [0, 0.1) is 0 Å². The summed E-state index contributed by atoms with van der Waals surface area (Å²) in [6.07, 6.45) is 0.964. The van der Waals surface area contributed by atoms with Crippen LogP contribution in [0.25, 0.3) is 28.5 Å². The van der Waals surface area contributed by atoms with Gasteiger partial charge in [0.2, 0.25) is 11.7 Å². The number of aryl methyl sites for hydroxylation is 1. The quantitative estimate of drug-likeness (QED) is 0.198. The largest absolute Gasteiger partial charge is 0.497 e. The van der Waals surface area contributed by atoms with Gasteiger partial charge in [-0.3, -0.25) is 4.57 Å². The molecule has 0 fully saturated rings. The van der Waals surface area contributed by atoms with Crippen LogP contribution in [-0.4, -0.2) is 39.1 Å². The Hall–Kier alpha value is -3.82. The topological polar surface area (TPSA) is 88.1 Å². The molecular weight excluding hydrogens is 510 g/mol. The SMILES string of the molecule is CCc1ccc(-n2c(SCc3nc(-c4cc(OC)ccc4OC)no3)nnc2-c2ccc(Cl)cc2)cc1. The maximum Gasteiger partial charge on any atom is 0.237 e. The zero-order chi connectivity index (χ0) is 25.8. The van der Waals surface area contributed by atoms with E-state index in [9.17, 15) is 0 Å². The lowest BCUT2D eigenvalue weighted by molar-refractivity contribution is 0.389. The van der Waals surface area contributed by atoms with Crippen molar-refractivity contribution in [2.45, 2.75) is 24.3 Å². The second-order valence-electron chi connectivity index (χ2n) is 8.04. The standard InChI is InChI=1S/C27H24ClN5O3S/c1-4-17-5-11-20(12-6-17)33-26(18-7-9-19(28)10-8-18)30-31-27(33)37-16-24-29-25(32-36-24)22-15-21(34-2)13-14-23(22)35-3/h5-15H,4,16H2,1-3H3. The van der Waals surface area contributed by atoms with Gasteiger partial charge < -0.3 is 14.0 Å². The molecule has 0 N–H and O–H groups in total. The van der Waals surface area contributed by atoms with Crippen molar-refractivity contribution in [1.29, 1.82) is 0 Å². The molecule has 0 aliphatic carbocycles. The second-order valence-corrected chi connectivity index (χ2v) is 9.41. The molecule has 10 heteroatoms. The summed E-state index contributed by atoms with van der Waals surface area (Å²) in [5.74, 6) is 3.30. The van der Waals surface area contributed by atoms with Crippen LogP contribution in [-0.2, 0) is 12.2 Å². The summed E-state index contributed by atoms with van der Waals surface area (Å²) in [7, 11) is 3.20. The van der Waals surface area contributed by atoms with Gasteiger partial charge >= 0.3 is 0 Å². The first-order valence-corrected chi connectivity index (χ1v) is 12.9. The van der Waals surface area contributed by atoms with Crippen molar-refractivity contribution in [1.82, 2.24) is 24.9 Å². The van der Waals surface area contributed by atoms with Gasteiger partial charge in [0.05, 0.1) is 25.5 Å². The van der Waals surface area contributed by atoms with Crippen LogP contribution in [0.4, 0.5) is 0 Å². The summed E-state index contributed by atoms with van der Waals surface area (Å²) < 4.78 is 18.4. The van der Waals surface area contributed by atoms with E-state index in [0.29, 0.717) is 44.7 Å². The molecule has 2 aromatic heterocycles. The molecule has 0 saturated heterocycles. The first-order chi connectivity index (χ1) is 18.1. The van der Waals surface area contributed by atoms with Crippen molar-refractivity contribution in [2.75, 3.05) is 14.2 Å². The Labute approximate surface area is 223 Å². The first-order valence-electron chi connectivity index (χ1n) is 11.6. The van der Waals surface area contributed by atoms with E-state index in [0.717, 1.165) is 23.5 Å². The van der Waals surface area contributed by atoms with Gasteiger partial charge in [-0.15, -0.1) is 10.2 Å². The number of hydrogen-bond donors (Lipinski definition) is 0. The van der Waals surface area contributed by atoms with E-state index in [1.54, 1.807) is 14.2 Å². The average Bonchev–Trinajstić information content (AvgIpc) is 3.59. The molecule has 0 atom stereocenters. The van der Waals surface area contributed by atoms with Crippen molar-refractivity contribution < 1.29 is 14.0 Å². The first kappa shape index (κ1) is 24.9. The number of rotatable bonds is 9. The number of benzene rings is 3. The third-order valence-corrected chi connectivity index (χ3v) is 6.94. The maximum atomic E-state index is 6.11. The van der Waals surface area contributed by atoms with Gasteiger partial charge in [0.25, 0.3) is 0 Å². The van der Waals surface area contributed by atoms with Crippen molar-refractivity contribution in [3.05, 3.63) is 83.2 Å². The van der Waals surface area contributed by atoms with Crippen LogP contribution in [0.1, 0.15) is 18.4 Å². The fourth-order valence-electron chi connectivity index (χ4n) is 3.80. The predicted octanol–water partition coefficient (Wildman–Crippen LogP) is 6.51. The van der Waals surface area contributed by atoms with E-state index < -0.39 is 0 Å². The molecule has 0 saturated carbocycles. The number of thioether (sulfide) groups is 1. The van der Waals surface area contributed by atoms with Gasteiger partial charge in [0.15, 0.2) is 11.0 Å². The van der Waals surface area contributed by atoms with Crippen LogP contribution < -0.4 is 9.47 Å². The van der Waals surface area contributed by atoms with Gasteiger partial charge in [-0.25, -0.2) is 0 Å². The fraction of sp³-hybridized carbons (Fsp3) is 0.185. The van der Waals surface area contributed by atoms with Crippen molar-refractivity contribution in [3.63, 3.8) is 0 Å². The van der Waals surface area contributed by atoms with Gasteiger partial charge in [0, 0.05) is 16.3 Å². The molecule has 0 aliphatic heterocycles. The number of hydrogen-bond acceptors (Lipinski definition) is 8. The van der Waals surface area contributed by atoms with Crippen LogP contribution in [0.15, 0.2) is 76.4 Å². The molecule has 0 bridgehead atoms. The highest BCUT2D eigenvalue weighted by atomic mass is 35.5. The molecule has 0 amide bonds. The van der Waals surface area contributed by atoms with Gasteiger partial charge in [-0.2, -0.15) is 4.98 Å². The number of ether oxygens (including phenoxy) is 2. The second kappa shape index (κ2) is 11.1. The third-order valence-electron chi connectivity index (χ3n) is 5.78. The zero-order valence-corrected chi connectivity index (χ0v) is 22.1. The highest BCUT2D eigenvalue weighted by Gasteiger charge is 2.19. The zero-order valence-electron chi connectivity index (χ0n) is 20.5. The van der Waals surface area contributed by atoms with Gasteiger partial charge in [-0.1, -0.05) is 47.6 Å². The van der Waals surface area contributed by atoms with E-state index in [1.807, 2.05) is 47.0 Å². The van der Waals surface area contributed by atoms with E-state index in [1.165, 1.54) is 17.3 Å². The monoisotopic (exact) mass is 533 g/mol. The van der Waals surface area contributed by atoms with E-state index >= 15 is 0 Å². The Morgan fingerprint density at radius 1 is 0.946 bits per heavy atom. The van der Waals surface area contributed by atoms with Crippen LogP contribution in [0.3, 0.4) is 0 Å². The summed E-state index contributed by atoms with van der Waals surface area (Å²) >= 11 is 7.57. The predicted molar refractivity (Wildman–Crippen MR) is 144 cm³/mol. The molecular formula is C27H24ClN5O3S. The Bertz CT molecular complexity index is 1500. The molecule has 188 valence electrons. The minimum Gasteiger partial charge on any atom is -0.497 e. The molecule has 8 nitrogen and oxygen atoms in total. The maximum absolute atomic E-state index is 6.11. The Balaban J connectivity index is 1.45. The smallest absolute Gasteiger partial charge is 0.237 e. The Morgan fingerprint density at radius 3 is 2.43 bits per heavy atom. The minimum absolute atomic E-state index is 0.408. The fourth-order valence-corrected chi connectivity index (χ4v) is 4.72. The van der Waals surface area contributed by atoms with Gasteiger partial charge in [-0.05, 0) is 66.6 Å². The van der Waals surface area contributed by atoms with E-state index in [2.05, 4.69) is 51.5 Å². The summed E-state index contributed by atoms with van der Waals surface area (Å²) in [6, 6.07) is 21.4. The summed E-state index contributed by atoms with van der Waals surface area (Å²) in [5, 5.41) is 14.5. The number of nitrogens with zero attached hydrogens (tertiary/aromatic N) is 5. The van der Waals surface area contributed by atoms with Crippen LogP contribution in [0.5, 0.6) is 11.5 Å². The molecule has 2 heterocycles. The molecule has 0 unspecified atom stereocenters. The van der Waals surface area contributed by atoms with Crippen molar-refractivity contribution >= 4 is 23.4 Å². The minimum atomic E-state index is 0.408. The molecule has 0 radical (unpaired) electrons. The highest BCUT2D eigenvalue weighted by molar-refractivity contribution is 7.98. The summed E-state index contributed by atoms with van der Waals surface area (Å²) in [4.78, 5) is 4.57. The van der Waals surface area contributed by atoms with Crippen LogP contribution in [0.2, 0.25) is 5.02 Å². The lowest BCUT2D eigenvalue weighted by Gasteiger charge is -2.11. The Morgan fingerprint density at radius 2 is 1.73 bits per heavy atom. The molecule has 37 heavy (non-hydrogen) atoms. The highest BCUT2D eigenvalue weighted by Crippen LogP contribution is 2.33. The molecule has 5 rings (SSSR count). The third kappa shape index (κ3) is 5.33. The normalized spacial score (nSPS) is 11.0. The van der Waals surface area contributed by atoms with Crippen molar-refractivity contribution in [3.8, 4) is 40.0 Å². The molecule has 3 aromatic carbocycles. The number of methoxy groups -OCH3 is 2. The molecule has 0 aliphatic rings. The molecule has 0 spiro atoms. The van der Waals surface area contributed by atoms with E-state index in [-0.39, 0.29) is 0 Å². The number of halogens is 1. The van der Waals surface area contributed by atoms with E-state index in [4.69, 9.17) is 25.6 Å². The average molecular weight is 534 g/mol. The lowest BCUT2D eigenvalue weighted by atomic mass is 10.1. The molecule has 5 aromatic rings. The number of aromatic nitrogens is 5. The van der Waals surface area contributed by atoms with Crippen LogP contribution >= 0.6 is 23.4 Å². The lowest BCUT2D eigenvalue weighted by Crippen LogP contribution is -2.00. The summed E-state index contributed by atoms with van der Waals surface area (Å²) in [5.41, 5.74) is 3.81. The Kier molecular flexibility index (Phi) is 7.43. The summed E-state index contributed by atoms with van der Waals surface area (Å²) in [6.45, 7) is 2.13. The van der Waals surface area contributed by atoms with Crippen molar-refractivity contribution in [2.24, 2.45) is 0 Å².